The van der Waals surface area contributed by atoms with Crippen molar-refractivity contribution in [1.29, 1.82) is 0 Å². The Morgan fingerprint density at radius 3 is 2.40 bits per heavy atom. The van der Waals surface area contributed by atoms with Gasteiger partial charge in [-0.3, -0.25) is 4.48 Å². The summed E-state index contributed by atoms with van der Waals surface area (Å²) < 4.78 is 6.48. The maximum absolute atomic E-state index is 11.5. The third-order valence-electron chi connectivity index (χ3n) is 3.93. The number of amides is 1. The Hall–Kier alpha value is -0.770. The molecule has 0 aromatic carbocycles. The molecular formula is C11H21N2O2+. The molecule has 0 aromatic heterocycles. The van der Waals surface area contributed by atoms with Crippen LogP contribution in [0.4, 0.5) is 4.79 Å². The van der Waals surface area contributed by atoms with Crippen molar-refractivity contribution in [3.05, 3.63) is 0 Å². The van der Waals surface area contributed by atoms with Crippen LogP contribution < -0.4 is 0 Å². The van der Waals surface area contributed by atoms with Gasteiger partial charge in [-0.25, -0.2) is 4.79 Å². The SMILES string of the molecule is CN(C)C(=O)OC1CC2CC[N+]1(C)CC2. The van der Waals surface area contributed by atoms with Crippen LogP contribution in [0.25, 0.3) is 0 Å². The molecule has 0 aromatic rings. The van der Waals surface area contributed by atoms with Gasteiger partial charge in [0, 0.05) is 33.4 Å². The summed E-state index contributed by atoms with van der Waals surface area (Å²) in [5.41, 5.74) is 0. The van der Waals surface area contributed by atoms with Crippen LogP contribution in [0.1, 0.15) is 19.3 Å². The molecule has 3 heterocycles. The van der Waals surface area contributed by atoms with E-state index >= 15 is 0 Å². The topological polar surface area (TPSA) is 29.5 Å². The molecule has 3 saturated heterocycles. The number of nitrogens with zero attached hydrogens (tertiary/aromatic N) is 2. The first kappa shape index (κ1) is 10.7. The van der Waals surface area contributed by atoms with E-state index in [0.717, 1.165) is 29.9 Å². The number of carbonyl (C=O) groups is 1. The van der Waals surface area contributed by atoms with E-state index in [4.69, 9.17) is 4.74 Å². The minimum absolute atomic E-state index is 0.0902. The summed E-state index contributed by atoms with van der Waals surface area (Å²) >= 11 is 0. The van der Waals surface area contributed by atoms with E-state index in [0.29, 0.717) is 0 Å². The molecular weight excluding hydrogens is 192 g/mol. The van der Waals surface area contributed by atoms with E-state index < -0.39 is 0 Å². The van der Waals surface area contributed by atoms with E-state index in [1.807, 2.05) is 0 Å². The lowest BCUT2D eigenvalue weighted by Crippen LogP contribution is -2.63. The van der Waals surface area contributed by atoms with Crippen LogP contribution in [0.3, 0.4) is 0 Å². The van der Waals surface area contributed by atoms with Gasteiger partial charge >= 0.3 is 6.09 Å². The third kappa shape index (κ3) is 1.95. The van der Waals surface area contributed by atoms with Gasteiger partial charge in [0.05, 0.1) is 20.1 Å². The molecule has 4 heteroatoms. The first-order valence-corrected chi connectivity index (χ1v) is 5.73. The van der Waals surface area contributed by atoms with Gasteiger partial charge in [0.1, 0.15) is 0 Å². The normalized spacial score (nSPS) is 38.9. The number of quaternary nitrogens is 1. The summed E-state index contributed by atoms with van der Waals surface area (Å²) in [6.07, 6.45) is 3.54. The molecule has 0 spiro atoms. The standard InChI is InChI=1S/C11H21N2O2/c1-12(2)11(14)15-10-8-9-4-6-13(10,3)7-5-9/h9-10H,4-8H2,1-3H3/q+1. The van der Waals surface area contributed by atoms with Crippen LogP contribution in [0.15, 0.2) is 0 Å². The van der Waals surface area contributed by atoms with Crippen molar-refractivity contribution in [3.63, 3.8) is 0 Å². The quantitative estimate of drug-likeness (QED) is 0.614. The zero-order chi connectivity index (χ0) is 11.1. The van der Waals surface area contributed by atoms with E-state index in [1.54, 1.807) is 14.1 Å². The highest BCUT2D eigenvalue weighted by molar-refractivity contribution is 5.66. The molecule has 86 valence electrons. The Morgan fingerprint density at radius 1 is 1.33 bits per heavy atom. The summed E-state index contributed by atoms with van der Waals surface area (Å²) in [5, 5.41) is 0. The van der Waals surface area contributed by atoms with Gasteiger partial charge in [0.2, 0.25) is 6.23 Å². The average molecular weight is 213 g/mol. The summed E-state index contributed by atoms with van der Waals surface area (Å²) in [6, 6.07) is 0. The lowest BCUT2D eigenvalue weighted by atomic mass is 9.85. The van der Waals surface area contributed by atoms with Gasteiger partial charge in [-0.15, -0.1) is 0 Å². The molecule has 0 aliphatic carbocycles. The second-order valence-corrected chi connectivity index (χ2v) is 5.34. The Labute approximate surface area is 91.4 Å². The predicted molar refractivity (Wildman–Crippen MR) is 57.2 cm³/mol. The number of fused-ring (bicyclic) bond motifs is 3. The van der Waals surface area contributed by atoms with Crippen molar-refractivity contribution in [2.45, 2.75) is 25.5 Å². The van der Waals surface area contributed by atoms with Crippen molar-refractivity contribution in [3.8, 4) is 0 Å². The zero-order valence-electron chi connectivity index (χ0n) is 9.90. The summed E-state index contributed by atoms with van der Waals surface area (Å²) in [5.74, 6) is 0.782. The second-order valence-electron chi connectivity index (χ2n) is 5.34. The van der Waals surface area contributed by atoms with Crippen LogP contribution in [-0.4, -0.2) is 55.9 Å². The molecule has 2 bridgehead atoms. The smallest absolute Gasteiger partial charge is 0.396 e. The number of hydrogen-bond donors (Lipinski definition) is 0. The Kier molecular flexibility index (Phi) is 2.63. The van der Waals surface area contributed by atoms with Crippen molar-refractivity contribution in [1.82, 2.24) is 4.90 Å². The Bertz CT molecular complexity index is 257. The summed E-state index contributed by atoms with van der Waals surface area (Å²) in [6.45, 7) is 2.33. The second kappa shape index (κ2) is 3.67. The van der Waals surface area contributed by atoms with Crippen molar-refractivity contribution >= 4 is 6.09 Å². The van der Waals surface area contributed by atoms with Gasteiger partial charge < -0.3 is 9.64 Å². The first-order chi connectivity index (χ1) is 7.01. The van der Waals surface area contributed by atoms with Gasteiger partial charge in [-0.1, -0.05) is 0 Å². The first-order valence-electron chi connectivity index (χ1n) is 5.73. The van der Waals surface area contributed by atoms with Gasteiger partial charge in [0.25, 0.3) is 0 Å². The minimum atomic E-state index is -0.202. The molecule has 15 heavy (non-hydrogen) atoms. The largest absolute Gasteiger partial charge is 0.413 e. The molecule has 0 radical (unpaired) electrons. The fraction of sp³-hybridized carbons (Fsp3) is 0.909. The van der Waals surface area contributed by atoms with Crippen molar-refractivity contribution in [2.75, 3.05) is 34.2 Å². The molecule has 3 aliphatic heterocycles. The fourth-order valence-corrected chi connectivity index (χ4v) is 2.67. The minimum Gasteiger partial charge on any atom is -0.396 e. The third-order valence-corrected chi connectivity index (χ3v) is 3.93. The number of hydrogen-bond acceptors (Lipinski definition) is 2. The van der Waals surface area contributed by atoms with Crippen LogP contribution >= 0.6 is 0 Å². The van der Waals surface area contributed by atoms with Crippen LogP contribution in [0.5, 0.6) is 0 Å². The van der Waals surface area contributed by atoms with E-state index in [-0.39, 0.29) is 12.3 Å². The van der Waals surface area contributed by atoms with E-state index in [2.05, 4.69) is 7.05 Å². The lowest BCUT2D eigenvalue weighted by molar-refractivity contribution is -0.967. The molecule has 3 rings (SSSR count). The molecule has 3 fully saturated rings. The van der Waals surface area contributed by atoms with Gasteiger partial charge in [-0.2, -0.15) is 0 Å². The van der Waals surface area contributed by atoms with Crippen molar-refractivity contribution < 1.29 is 14.0 Å². The maximum atomic E-state index is 11.5. The van der Waals surface area contributed by atoms with E-state index in [1.165, 1.54) is 17.7 Å². The molecule has 1 amide bonds. The Balaban J connectivity index is 2.01. The Morgan fingerprint density at radius 2 is 1.93 bits per heavy atom. The molecule has 0 N–H and O–H groups in total. The zero-order valence-corrected chi connectivity index (χ0v) is 9.90. The highest BCUT2D eigenvalue weighted by Crippen LogP contribution is 2.37. The van der Waals surface area contributed by atoms with Crippen molar-refractivity contribution in [2.24, 2.45) is 5.92 Å². The number of rotatable bonds is 1. The monoisotopic (exact) mass is 213 g/mol. The van der Waals surface area contributed by atoms with E-state index in [9.17, 15) is 4.79 Å². The summed E-state index contributed by atoms with van der Waals surface area (Å²) in [7, 11) is 5.68. The number of piperidine rings is 3. The fourth-order valence-electron chi connectivity index (χ4n) is 2.67. The highest BCUT2D eigenvalue weighted by Gasteiger charge is 2.46. The van der Waals surface area contributed by atoms with Gasteiger partial charge in [0.15, 0.2) is 0 Å². The highest BCUT2D eigenvalue weighted by atomic mass is 16.6. The lowest BCUT2D eigenvalue weighted by Gasteiger charge is -2.50. The maximum Gasteiger partial charge on any atom is 0.413 e. The van der Waals surface area contributed by atoms with Crippen LogP contribution in [0.2, 0.25) is 0 Å². The van der Waals surface area contributed by atoms with Gasteiger partial charge in [-0.05, 0) is 5.92 Å². The number of carbonyl (C=O) groups excluding carboxylic acids is 1. The van der Waals surface area contributed by atoms with Crippen LogP contribution in [0, 0.1) is 5.92 Å². The average Bonchev–Trinajstić information content (AvgIpc) is 2.19. The molecule has 4 nitrogen and oxygen atoms in total. The molecule has 1 atom stereocenters. The summed E-state index contributed by atoms with van der Waals surface area (Å²) in [4.78, 5) is 13.0. The predicted octanol–water partition coefficient (Wildman–Crippen LogP) is 1.27. The molecule has 3 aliphatic rings. The van der Waals surface area contributed by atoms with Crippen LogP contribution in [-0.2, 0) is 4.74 Å². The molecule has 0 saturated carbocycles. The molecule has 1 unspecified atom stereocenters. The number of ether oxygens (including phenoxy) is 1.